The fourth-order valence-electron chi connectivity index (χ4n) is 12.1. The van der Waals surface area contributed by atoms with E-state index >= 15 is 0 Å². The van der Waals surface area contributed by atoms with Gasteiger partial charge in [-0.25, -0.2) is 0 Å². The standard InChI is InChI=1S/C53H64N2O10S2/c1-28(59)24-54-51-34(25-57)21-42-50-41(51)20-31-5-6-33(47(50)43(31)26-58)18-35(4-3-17-56)55-53(42)65-45-23-37(61)13-8-30-10-15-44(63)52(64-2)48(30)39-14-9-29-7-12-36(60)22-40(29)49(39)46-16-11-32(45)19-38(62)27-66-67-46/h5-7,9-10,12,14-15,21-22,31-33,35,38,43,45-47,53-58,60,62-63H,3-4,8,11,13,16-20,23-27H2,1-2H3/t31-,32-,33+,35-,38+,43-,45+,46+,47-,53+/m1/s1. The number of aromatic hydroxyl groups is 2. The third kappa shape index (κ3) is 9.75. The van der Waals surface area contributed by atoms with Gasteiger partial charge in [0, 0.05) is 59.9 Å². The molecule has 0 radical (unpaired) electrons. The van der Waals surface area contributed by atoms with Crippen LogP contribution in [0.15, 0.2) is 60.7 Å². The van der Waals surface area contributed by atoms with Gasteiger partial charge in [0.25, 0.3) is 0 Å². The molecule has 14 heteroatoms. The zero-order chi connectivity index (χ0) is 46.9. The van der Waals surface area contributed by atoms with Crippen LogP contribution >= 0.6 is 21.6 Å². The molecule has 0 aromatic heterocycles. The van der Waals surface area contributed by atoms with E-state index in [1.807, 2.05) is 24.3 Å². The average Bonchev–Trinajstić information content (AvgIpc) is 3.40. The van der Waals surface area contributed by atoms with E-state index in [1.54, 1.807) is 39.8 Å². The van der Waals surface area contributed by atoms with E-state index in [1.165, 1.54) is 14.0 Å². The maximum absolute atomic E-state index is 14.7. The lowest BCUT2D eigenvalue weighted by Gasteiger charge is -2.49. The second-order valence-electron chi connectivity index (χ2n) is 19.3. The van der Waals surface area contributed by atoms with Gasteiger partial charge in [-0.15, -0.1) is 0 Å². The Labute approximate surface area is 400 Å². The van der Waals surface area contributed by atoms with Gasteiger partial charge in [0.1, 0.15) is 23.5 Å². The molecule has 9 rings (SSSR count). The monoisotopic (exact) mass is 952 g/mol. The molecular weight excluding hydrogens is 889 g/mol. The van der Waals surface area contributed by atoms with Crippen LogP contribution in [0.1, 0.15) is 109 Å². The fourth-order valence-corrected chi connectivity index (χ4v) is 15.0. The number of rotatable bonds is 11. The Balaban J connectivity index is 1.19. The normalized spacial score (nSPS) is 28.3. The molecule has 3 aliphatic carbocycles. The highest BCUT2D eigenvalue weighted by molar-refractivity contribution is 8.76. The summed E-state index contributed by atoms with van der Waals surface area (Å²) in [7, 11) is 4.83. The number of carbonyl (C=O) groups is 2. The fraction of sp³-hybridized carbons (Fsp3) is 0.509. The minimum atomic E-state index is -0.759. The van der Waals surface area contributed by atoms with Crippen molar-refractivity contribution in [1.82, 2.24) is 5.32 Å². The van der Waals surface area contributed by atoms with E-state index in [9.17, 15) is 40.2 Å². The number of fused-ring (bicyclic) bond motifs is 10. The number of aryl methyl sites for hydroxylation is 1. The molecule has 1 fully saturated rings. The maximum Gasteiger partial charge on any atom is 0.168 e. The number of allylic oxidation sites excluding steroid dienone is 2. The highest BCUT2D eigenvalue weighted by atomic mass is 33.1. The van der Waals surface area contributed by atoms with Gasteiger partial charge < -0.3 is 45.4 Å². The van der Waals surface area contributed by atoms with E-state index in [2.05, 4.69) is 28.9 Å². The van der Waals surface area contributed by atoms with Gasteiger partial charge in [-0.1, -0.05) is 58.0 Å². The zero-order valence-electron chi connectivity index (χ0n) is 38.3. The minimum absolute atomic E-state index is 0.00575. The predicted octanol–water partition coefficient (Wildman–Crippen LogP) is 8.18. The Hall–Kier alpha value is -4.12. The van der Waals surface area contributed by atoms with Crippen molar-refractivity contribution < 1.29 is 49.7 Å². The number of ether oxygens (including phenoxy) is 2. The van der Waals surface area contributed by atoms with Gasteiger partial charge >= 0.3 is 0 Å². The highest BCUT2D eigenvalue weighted by Gasteiger charge is 2.47. The molecule has 1 saturated heterocycles. The van der Waals surface area contributed by atoms with Crippen LogP contribution in [-0.4, -0.2) is 93.1 Å². The molecule has 10 atom stereocenters. The molecule has 2 heterocycles. The molecule has 4 aromatic rings. The summed E-state index contributed by atoms with van der Waals surface area (Å²) in [6, 6.07) is 14.8. The first-order chi connectivity index (χ1) is 32.5. The van der Waals surface area contributed by atoms with Crippen LogP contribution in [0.4, 0.5) is 5.69 Å². The summed E-state index contributed by atoms with van der Waals surface area (Å²) in [5.41, 5.74) is 7.68. The van der Waals surface area contributed by atoms with E-state index in [0.29, 0.717) is 67.6 Å². The Morgan fingerprint density at radius 1 is 0.955 bits per heavy atom. The minimum Gasteiger partial charge on any atom is -0.508 e. The van der Waals surface area contributed by atoms with Crippen LogP contribution < -0.4 is 15.4 Å². The SMILES string of the molecule is COc1c(O)ccc2c1-c1ccc3ccc(O)cc3c1[C@@H]1CC[C@H](C[C@H](O)CSS1)[C@@H](O[C@@H]1N[C@H](CCCO)C[C@@H]3C=C[C@@H]4Cc5c(NCC(C)=O)c(CO)cc1c5[C@H]3[C@@H]4CO)CC(=O)CC2. The van der Waals surface area contributed by atoms with Crippen LogP contribution in [0.5, 0.6) is 17.2 Å². The number of ketones is 2. The van der Waals surface area contributed by atoms with E-state index in [4.69, 9.17) is 9.47 Å². The van der Waals surface area contributed by atoms with Gasteiger partial charge in [0.2, 0.25) is 0 Å². The molecule has 5 aliphatic rings. The quantitative estimate of drug-likeness (QED) is 0.0529. The summed E-state index contributed by atoms with van der Waals surface area (Å²) in [5, 5.41) is 75.1. The molecular formula is C53H64N2O10S2. The molecule has 0 saturated carbocycles. The van der Waals surface area contributed by atoms with Crippen LogP contribution in [0.25, 0.3) is 21.9 Å². The third-order valence-electron chi connectivity index (χ3n) is 15.1. The molecule has 8 N–H and O–H groups in total. The molecule has 0 amide bonds. The van der Waals surface area contributed by atoms with Gasteiger partial charge in [0.05, 0.1) is 32.5 Å². The lowest BCUT2D eigenvalue weighted by molar-refractivity contribution is -0.128. The summed E-state index contributed by atoms with van der Waals surface area (Å²) in [4.78, 5) is 27.1. The molecule has 12 nitrogen and oxygen atoms in total. The van der Waals surface area contributed by atoms with Gasteiger partial charge in [-0.2, -0.15) is 0 Å². The van der Waals surface area contributed by atoms with Gasteiger partial charge in [-0.3, -0.25) is 14.9 Å². The summed E-state index contributed by atoms with van der Waals surface area (Å²) < 4.78 is 13.5. The van der Waals surface area contributed by atoms with E-state index in [0.717, 1.165) is 56.3 Å². The first-order valence-electron chi connectivity index (χ1n) is 24.0. The van der Waals surface area contributed by atoms with E-state index < -0.39 is 18.4 Å². The van der Waals surface area contributed by atoms with Crippen LogP contribution in [0, 0.1) is 23.7 Å². The van der Waals surface area contributed by atoms with Gasteiger partial charge in [0.15, 0.2) is 11.5 Å². The highest BCUT2D eigenvalue weighted by Crippen LogP contribution is 2.56. The number of hydrogen-bond acceptors (Lipinski definition) is 14. The largest absolute Gasteiger partial charge is 0.508 e. The van der Waals surface area contributed by atoms with E-state index in [-0.39, 0.29) is 103 Å². The molecule has 0 spiro atoms. The zero-order valence-corrected chi connectivity index (χ0v) is 39.9. The topological polar surface area (TPSA) is 198 Å². The number of phenolic OH excluding ortho intramolecular Hbond substituents is 2. The third-order valence-corrected chi connectivity index (χ3v) is 18.0. The maximum atomic E-state index is 14.7. The van der Waals surface area contributed by atoms with Crippen molar-refractivity contribution in [3.05, 3.63) is 94.1 Å². The van der Waals surface area contributed by atoms with Gasteiger partial charge in [-0.05, 0) is 156 Å². The van der Waals surface area contributed by atoms with Crippen molar-refractivity contribution in [3.8, 4) is 28.4 Å². The predicted molar refractivity (Wildman–Crippen MR) is 263 cm³/mol. The number of carbonyl (C=O) groups excluding carboxylic acids is 2. The second kappa shape index (κ2) is 20.9. The lowest BCUT2D eigenvalue weighted by Crippen LogP contribution is -2.47. The number of benzene rings is 4. The molecule has 2 aliphatic heterocycles. The van der Waals surface area contributed by atoms with Crippen molar-refractivity contribution in [2.24, 2.45) is 23.7 Å². The summed E-state index contributed by atoms with van der Waals surface area (Å²) >= 11 is 0. The summed E-state index contributed by atoms with van der Waals surface area (Å²) in [5.74, 6) is 0.556. The lowest BCUT2D eigenvalue weighted by atomic mass is 9.58. The number of anilines is 1. The molecule has 0 unspecified atom stereocenters. The smallest absolute Gasteiger partial charge is 0.168 e. The number of nitrogens with one attached hydrogen (secondary N) is 2. The van der Waals surface area contributed by atoms with Crippen LogP contribution in [0.3, 0.4) is 0 Å². The molecule has 4 bridgehead atoms. The Kier molecular flexibility index (Phi) is 14.9. The van der Waals surface area contributed by atoms with Crippen molar-refractivity contribution in [2.75, 3.05) is 37.9 Å². The number of phenols is 2. The van der Waals surface area contributed by atoms with Crippen molar-refractivity contribution in [3.63, 3.8) is 0 Å². The number of Topliss-reactive ketones (excluding diaryl/α,β-unsaturated/α-hetero) is 2. The second-order valence-corrected chi connectivity index (χ2v) is 22.0. The molecule has 4 aromatic carbocycles. The molecule has 358 valence electrons. The first-order valence-corrected chi connectivity index (χ1v) is 26.3. The van der Waals surface area contributed by atoms with Crippen molar-refractivity contribution in [1.29, 1.82) is 0 Å². The van der Waals surface area contributed by atoms with Crippen molar-refractivity contribution >= 4 is 49.6 Å². The number of hydrogen-bond donors (Lipinski definition) is 8. The Morgan fingerprint density at radius 2 is 1.78 bits per heavy atom. The Bertz CT molecular complexity index is 2520. The number of aliphatic hydroxyl groups excluding tert-OH is 4. The number of aliphatic hydroxyl groups is 4. The Morgan fingerprint density at radius 3 is 2.55 bits per heavy atom. The molecule has 67 heavy (non-hydrogen) atoms. The average molecular weight is 953 g/mol. The van der Waals surface area contributed by atoms with Crippen LogP contribution in [-0.2, 0) is 33.8 Å². The summed E-state index contributed by atoms with van der Waals surface area (Å²) in [6.45, 7) is 1.37. The number of methoxy groups -OCH3 is 1. The van der Waals surface area contributed by atoms with Crippen molar-refractivity contribution in [2.45, 2.75) is 113 Å². The van der Waals surface area contributed by atoms with Crippen LogP contribution in [0.2, 0.25) is 0 Å². The first kappa shape index (κ1) is 47.9. The summed E-state index contributed by atoms with van der Waals surface area (Å²) in [6.07, 6.45) is 7.27.